The van der Waals surface area contributed by atoms with E-state index < -0.39 is 0 Å². The third-order valence-corrected chi connectivity index (χ3v) is 4.67. The van der Waals surface area contributed by atoms with Crippen molar-refractivity contribution in [1.82, 2.24) is 24.3 Å². The van der Waals surface area contributed by atoms with Crippen molar-refractivity contribution in [1.29, 1.82) is 0 Å². The third kappa shape index (κ3) is 3.43. The van der Waals surface area contributed by atoms with Gasteiger partial charge in [0.1, 0.15) is 5.82 Å². The van der Waals surface area contributed by atoms with Gasteiger partial charge in [-0.05, 0) is 25.5 Å². The second-order valence-corrected chi connectivity index (χ2v) is 6.59. The molecule has 0 radical (unpaired) electrons. The Morgan fingerprint density at radius 1 is 1.27 bits per heavy atom. The number of nitrogens with zero attached hydrogens (tertiary/aromatic N) is 5. The van der Waals surface area contributed by atoms with E-state index in [0.29, 0.717) is 37.7 Å². The molecule has 0 aliphatic carbocycles. The van der Waals surface area contributed by atoms with E-state index >= 15 is 0 Å². The molecule has 1 fully saturated rings. The van der Waals surface area contributed by atoms with Crippen molar-refractivity contribution in [2.24, 2.45) is 5.92 Å². The fourth-order valence-corrected chi connectivity index (χ4v) is 3.33. The van der Waals surface area contributed by atoms with E-state index in [-0.39, 0.29) is 11.8 Å². The zero-order chi connectivity index (χ0) is 17.9. The molecule has 0 unspecified atom stereocenters. The molecule has 134 valence electrons. The van der Waals surface area contributed by atoms with Crippen LogP contribution in [0.25, 0.3) is 5.52 Å². The summed E-state index contributed by atoms with van der Waals surface area (Å²) < 4.78 is 7.81. The number of hydrogen-bond acceptors (Lipinski definition) is 5. The highest BCUT2D eigenvalue weighted by atomic mass is 16.5. The van der Waals surface area contributed by atoms with Crippen LogP contribution in [-0.2, 0) is 11.2 Å². The van der Waals surface area contributed by atoms with Gasteiger partial charge in [-0.15, -0.1) is 0 Å². The Hall–Kier alpha value is -2.80. The predicted octanol–water partition coefficient (Wildman–Crippen LogP) is 1.76. The molecule has 4 heterocycles. The fourth-order valence-electron chi connectivity index (χ4n) is 3.33. The molecule has 7 nitrogen and oxygen atoms in total. The number of amides is 1. The van der Waals surface area contributed by atoms with Crippen molar-refractivity contribution < 1.29 is 9.53 Å². The smallest absolute Gasteiger partial charge is 0.257 e. The average Bonchev–Trinajstić information content (AvgIpc) is 3.02. The number of rotatable bonds is 3. The Kier molecular flexibility index (Phi) is 4.62. The van der Waals surface area contributed by atoms with E-state index in [1.165, 1.54) is 0 Å². The zero-order valence-electron chi connectivity index (χ0n) is 14.7. The molecule has 1 aliphatic rings. The zero-order valence-corrected chi connectivity index (χ0v) is 14.7. The maximum atomic E-state index is 12.8. The normalized spacial score (nSPS) is 18.0. The van der Waals surface area contributed by atoms with Crippen molar-refractivity contribution in [2.45, 2.75) is 13.3 Å². The minimum atomic E-state index is -0.0469. The van der Waals surface area contributed by atoms with E-state index in [2.05, 4.69) is 25.4 Å². The first-order valence-electron chi connectivity index (χ1n) is 8.77. The molecule has 3 aromatic heterocycles. The van der Waals surface area contributed by atoms with Gasteiger partial charge in [0.2, 0.25) is 0 Å². The number of ether oxygens (including phenoxy) is 1. The van der Waals surface area contributed by atoms with Gasteiger partial charge in [-0.2, -0.15) is 0 Å². The van der Waals surface area contributed by atoms with Gasteiger partial charge in [0.15, 0.2) is 0 Å². The van der Waals surface area contributed by atoms with Gasteiger partial charge >= 0.3 is 0 Å². The van der Waals surface area contributed by atoms with Crippen molar-refractivity contribution in [3.05, 3.63) is 60.2 Å². The first-order chi connectivity index (χ1) is 12.7. The molecule has 1 atom stereocenters. The summed E-state index contributed by atoms with van der Waals surface area (Å²) in [6, 6.07) is 4.07. The van der Waals surface area contributed by atoms with Crippen LogP contribution in [-0.4, -0.2) is 56.5 Å². The number of aromatic nitrogens is 4. The molecular formula is C19H21N5O2. The predicted molar refractivity (Wildman–Crippen MR) is 95.9 cm³/mol. The Bertz CT molecular complexity index is 906. The molecule has 3 aromatic rings. The molecule has 0 saturated carbocycles. The van der Waals surface area contributed by atoms with Gasteiger partial charge in [-0.25, -0.2) is 9.97 Å². The summed E-state index contributed by atoms with van der Waals surface area (Å²) in [5.41, 5.74) is 2.64. The van der Waals surface area contributed by atoms with Crippen LogP contribution in [0.2, 0.25) is 0 Å². The summed E-state index contributed by atoms with van der Waals surface area (Å²) in [6.45, 7) is 4.18. The lowest BCUT2D eigenvalue weighted by molar-refractivity contribution is 0.0736. The first kappa shape index (κ1) is 16.7. The van der Waals surface area contributed by atoms with Gasteiger partial charge in [0, 0.05) is 50.0 Å². The Morgan fingerprint density at radius 2 is 2.12 bits per heavy atom. The van der Waals surface area contributed by atoms with Gasteiger partial charge in [-0.1, -0.05) is 0 Å². The molecule has 0 N–H and O–H groups in total. The number of hydrogen-bond donors (Lipinski definition) is 0. The molecule has 7 heteroatoms. The molecule has 0 aromatic carbocycles. The molecule has 0 bridgehead atoms. The van der Waals surface area contributed by atoms with Crippen LogP contribution in [0, 0.1) is 12.8 Å². The van der Waals surface area contributed by atoms with E-state index in [0.717, 1.165) is 17.6 Å². The Morgan fingerprint density at radius 3 is 2.96 bits per heavy atom. The lowest BCUT2D eigenvalue weighted by atomic mass is 10.0. The van der Waals surface area contributed by atoms with Gasteiger partial charge < -0.3 is 14.0 Å². The monoisotopic (exact) mass is 351 g/mol. The first-order valence-corrected chi connectivity index (χ1v) is 8.77. The van der Waals surface area contributed by atoms with E-state index in [1.807, 2.05) is 29.6 Å². The minimum absolute atomic E-state index is 0.0469. The maximum Gasteiger partial charge on any atom is 0.257 e. The molecule has 1 aliphatic heterocycles. The summed E-state index contributed by atoms with van der Waals surface area (Å²) in [5, 5.41) is 0. The van der Waals surface area contributed by atoms with E-state index in [4.69, 9.17) is 4.74 Å². The standard InChI is InChI=1S/C19H21N5O2/c1-14-21-10-16(11-22-14)19(25)24-7-8-26-13-15(12-24)9-17-18-3-2-5-23(18)6-4-20-17/h2-6,10-11,15H,7-9,12-13H2,1H3/t15-/m1/s1. The SMILES string of the molecule is Cc1ncc(C(=O)N2CCOC[C@H](Cc3nccn4cccc34)C2)cn1. The average molecular weight is 351 g/mol. The maximum absolute atomic E-state index is 12.8. The second kappa shape index (κ2) is 7.21. The van der Waals surface area contributed by atoms with Crippen LogP contribution in [0.4, 0.5) is 0 Å². The van der Waals surface area contributed by atoms with Crippen molar-refractivity contribution in [3.63, 3.8) is 0 Å². The fraction of sp³-hybridized carbons (Fsp3) is 0.368. The molecule has 1 saturated heterocycles. The van der Waals surface area contributed by atoms with Crippen LogP contribution in [0.1, 0.15) is 21.9 Å². The van der Waals surface area contributed by atoms with Crippen molar-refractivity contribution in [2.75, 3.05) is 26.3 Å². The van der Waals surface area contributed by atoms with Crippen LogP contribution < -0.4 is 0 Å². The van der Waals surface area contributed by atoms with Gasteiger partial charge in [0.05, 0.1) is 30.0 Å². The molecule has 1 amide bonds. The molecular weight excluding hydrogens is 330 g/mol. The van der Waals surface area contributed by atoms with Crippen LogP contribution >= 0.6 is 0 Å². The minimum Gasteiger partial charge on any atom is -0.379 e. The van der Waals surface area contributed by atoms with Gasteiger partial charge in [-0.3, -0.25) is 9.78 Å². The largest absolute Gasteiger partial charge is 0.379 e. The topological polar surface area (TPSA) is 72.6 Å². The summed E-state index contributed by atoms with van der Waals surface area (Å²) >= 11 is 0. The van der Waals surface area contributed by atoms with Crippen LogP contribution in [0.5, 0.6) is 0 Å². The summed E-state index contributed by atoms with van der Waals surface area (Å²) in [5.74, 6) is 0.806. The lowest BCUT2D eigenvalue weighted by Crippen LogP contribution is -2.36. The van der Waals surface area contributed by atoms with Gasteiger partial charge in [0.25, 0.3) is 5.91 Å². The quantitative estimate of drug-likeness (QED) is 0.719. The van der Waals surface area contributed by atoms with Crippen LogP contribution in [0.15, 0.2) is 43.1 Å². The highest BCUT2D eigenvalue weighted by Gasteiger charge is 2.25. The van der Waals surface area contributed by atoms with E-state index in [1.54, 1.807) is 19.3 Å². The van der Waals surface area contributed by atoms with Crippen molar-refractivity contribution in [3.8, 4) is 0 Å². The Balaban J connectivity index is 1.51. The highest BCUT2D eigenvalue weighted by Crippen LogP contribution is 2.18. The van der Waals surface area contributed by atoms with Crippen LogP contribution in [0.3, 0.4) is 0 Å². The summed E-state index contributed by atoms with van der Waals surface area (Å²) in [6.07, 6.45) is 9.71. The molecule has 26 heavy (non-hydrogen) atoms. The van der Waals surface area contributed by atoms with Crippen molar-refractivity contribution >= 4 is 11.4 Å². The summed E-state index contributed by atoms with van der Waals surface area (Å²) in [4.78, 5) is 27.4. The molecule has 0 spiro atoms. The second-order valence-electron chi connectivity index (χ2n) is 6.59. The highest BCUT2D eigenvalue weighted by molar-refractivity contribution is 5.93. The third-order valence-electron chi connectivity index (χ3n) is 4.67. The number of fused-ring (bicyclic) bond motifs is 1. The summed E-state index contributed by atoms with van der Waals surface area (Å²) in [7, 11) is 0. The molecule has 4 rings (SSSR count). The Labute approximate surface area is 151 Å². The lowest BCUT2D eigenvalue weighted by Gasteiger charge is -2.23. The number of carbonyl (C=O) groups excluding carboxylic acids is 1. The van der Waals surface area contributed by atoms with E-state index in [9.17, 15) is 4.79 Å². The number of carbonyl (C=O) groups is 1. The number of aryl methyl sites for hydroxylation is 1.